The van der Waals surface area contributed by atoms with E-state index >= 15 is 0 Å². The monoisotopic (exact) mass is 542 g/mol. The second-order valence-electron chi connectivity index (χ2n) is 11.1. The molecule has 3 heteroatoms. The fourth-order valence-electron chi connectivity index (χ4n) is 4.87. The number of hydrogen-bond acceptors (Lipinski definition) is 2. The lowest BCUT2D eigenvalue weighted by Crippen LogP contribution is -2.19. The quantitative estimate of drug-likeness (QED) is 0.0364. The van der Waals surface area contributed by atoms with Crippen LogP contribution in [0.5, 0.6) is 0 Å². The average molecular weight is 543 g/mol. The summed E-state index contributed by atoms with van der Waals surface area (Å²) in [5.74, 6) is 0.742. The third kappa shape index (κ3) is 32.1. The molecule has 0 atom stereocenters. The van der Waals surface area contributed by atoms with Gasteiger partial charge in [-0.1, -0.05) is 148 Å². The minimum Gasteiger partial charge on any atom is -0.353 e. The van der Waals surface area contributed by atoms with Gasteiger partial charge >= 0.3 is 0 Å². The highest BCUT2D eigenvalue weighted by molar-refractivity contribution is 6.17. The van der Waals surface area contributed by atoms with E-state index in [2.05, 4.69) is 26.0 Å². The second-order valence-corrected chi connectivity index (χ2v) is 11.5. The van der Waals surface area contributed by atoms with E-state index < -0.39 is 0 Å². The van der Waals surface area contributed by atoms with Crippen LogP contribution in [0, 0.1) is 0 Å². The van der Waals surface area contributed by atoms with Crippen molar-refractivity contribution in [1.82, 2.24) is 0 Å². The molecule has 0 N–H and O–H groups in total. The summed E-state index contributed by atoms with van der Waals surface area (Å²) in [6.45, 7) is 6.32. The van der Waals surface area contributed by atoms with E-state index in [1.807, 2.05) is 0 Å². The maximum Gasteiger partial charge on any atom is 0.157 e. The SMILES string of the molecule is CCCCCCCCCCOC(CCCCCCCCC/C=C\CCCl)OCCCCCCCCCC. The smallest absolute Gasteiger partial charge is 0.157 e. The second kappa shape index (κ2) is 34.0. The fourth-order valence-corrected chi connectivity index (χ4v) is 5.00. The predicted octanol–water partition coefficient (Wildman–Crippen LogP) is 12.3. The summed E-state index contributed by atoms with van der Waals surface area (Å²) in [6, 6.07) is 0. The Balaban J connectivity index is 3.88. The Bertz CT molecular complexity index is 404. The van der Waals surface area contributed by atoms with Crippen molar-refractivity contribution in [3.05, 3.63) is 12.2 Å². The van der Waals surface area contributed by atoms with Crippen molar-refractivity contribution in [2.24, 2.45) is 0 Å². The Morgan fingerprint density at radius 1 is 0.459 bits per heavy atom. The number of rotatable bonds is 32. The summed E-state index contributed by atoms with van der Waals surface area (Å²) in [6.07, 6.45) is 38.7. The van der Waals surface area contributed by atoms with Crippen LogP contribution in [0.25, 0.3) is 0 Å². The average Bonchev–Trinajstić information content (AvgIpc) is 2.91. The Morgan fingerprint density at radius 2 is 0.838 bits per heavy atom. The zero-order valence-electron chi connectivity index (χ0n) is 25.4. The van der Waals surface area contributed by atoms with Crippen LogP contribution in [-0.4, -0.2) is 25.4 Å². The highest BCUT2D eigenvalue weighted by Gasteiger charge is 2.09. The Kier molecular flexibility index (Phi) is 33.9. The van der Waals surface area contributed by atoms with Gasteiger partial charge < -0.3 is 9.47 Å². The van der Waals surface area contributed by atoms with E-state index in [4.69, 9.17) is 21.1 Å². The molecule has 0 heterocycles. The van der Waals surface area contributed by atoms with Crippen molar-refractivity contribution in [3.8, 4) is 0 Å². The van der Waals surface area contributed by atoms with Crippen molar-refractivity contribution in [2.75, 3.05) is 19.1 Å². The summed E-state index contributed by atoms with van der Waals surface area (Å²) < 4.78 is 12.4. The molecule has 37 heavy (non-hydrogen) atoms. The molecule has 0 fully saturated rings. The van der Waals surface area contributed by atoms with E-state index in [9.17, 15) is 0 Å². The first-order valence-corrected chi connectivity index (χ1v) is 17.3. The molecule has 0 aliphatic carbocycles. The summed E-state index contributed by atoms with van der Waals surface area (Å²) in [4.78, 5) is 0. The van der Waals surface area contributed by atoms with Crippen LogP contribution >= 0.6 is 11.6 Å². The van der Waals surface area contributed by atoms with Crippen LogP contribution in [-0.2, 0) is 9.47 Å². The van der Waals surface area contributed by atoms with Gasteiger partial charge in [-0.25, -0.2) is 0 Å². The normalized spacial score (nSPS) is 11.9. The van der Waals surface area contributed by atoms with Gasteiger partial charge in [0.2, 0.25) is 0 Å². The molecule has 0 unspecified atom stereocenters. The van der Waals surface area contributed by atoms with Crippen LogP contribution in [0.2, 0.25) is 0 Å². The molecule has 0 amide bonds. The molecule has 0 saturated carbocycles. The van der Waals surface area contributed by atoms with Gasteiger partial charge in [-0.3, -0.25) is 0 Å². The van der Waals surface area contributed by atoms with E-state index in [0.29, 0.717) is 0 Å². The molecule has 0 aliphatic heterocycles. The number of hydrogen-bond donors (Lipinski definition) is 0. The predicted molar refractivity (Wildman–Crippen MR) is 167 cm³/mol. The van der Waals surface area contributed by atoms with E-state index in [1.165, 1.54) is 154 Å². The standard InChI is InChI=1S/C34H67ClO2/c1-3-5-7-9-11-20-24-28-32-36-34(37-33-29-25-21-12-10-8-6-4-2)30-26-22-18-16-14-13-15-17-19-23-27-31-35/h19,23,34H,3-18,20-22,24-33H2,1-2H3/b23-19-. The zero-order valence-corrected chi connectivity index (χ0v) is 26.2. The van der Waals surface area contributed by atoms with Gasteiger partial charge in [0, 0.05) is 19.1 Å². The van der Waals surface area contributed by atoms with E-state index in [1.54, 1.807) is 0 Å². The molecule has 0 aromatic heterocycles. The maximum absolute atomic E-state index is 6.22. The number of alkyl halides is 1. The number of unbranched alkanes of at least 4 members (excludes halogenated alkanes) is 21. The maximum atomic E-state index is 6.22. The molecule has 0 rings (SSSR count). The molecule has 2 nitrogen and oxygen atoms in total. The van der Waals surface area contributed by atoms with Gasteiger partial charge in [0.25, 0.3) is 0 Å². The Labute approximate surface area is 239 Å². The first-order chi connectivity index (χ1) is 18.3. The zero-order chi connectivity index (χ0) is 26.9. The van der Waals surface area contributed by atoms with Gasteiger partial charge in [-0.05, 0) is 44.9 Å². The summed E-state index contributed by atoms with van der Waals surface area (Å²) in [5.41, 5.74) is 0. The number of halogens is 1. The summed E-state index contributed by atoms with van der Waals surface area (Å²) >= 11 is 5.70. The van der Waals surface area contributed by atoms with Crippen LogP contribution in [0.3, 0.4) is 0 Å². The molecule has 0 aromatic rings. The van der Waals surface area contributed by atoms with Gasteiger partial charge in [-0.2, -0.15) is 0 Å². The van der Waals surface area contributed by atoms with Crippen molar-refractivity contribution < 1.29 is 9.47 Å². The molecular weight excluding hydrogens is 476 g/mol. The third-order valence-corrected chi connectivity index (χ3v) is 7.57. The van der Waals surface area contributed by atoms with Gasteiger partial charge in [0.1, 0.15) is 0 Å². The summed E-state index contributed by atoms with van der Waals surface area (Å²) in [7, 11) is 0. The molecule has 0 saturated heterocycles. The Hall–Kier alpha value is -0.0500. The molecule has 0 radical (unpaired) electrons. The Morgan fingerprint density at radius 3 is 1.30 bits per heavy atom. The molecule has 0 bridgehead atoms. The number of allylic oxidation sites excluding steroid dienone is 2. The lowest BCUT2D eigenvalue weighted by atomic mass is 10.1. The van der Waals surface area contributed by atoms with Crippen molar-refractivity contribution in [2.45, 2.75) is 187 Å². The van der Waals surface area contributed by atoms with Crippen molar-refractivity contribution in [3.63, 3.8) is 0 Å². The molecule has 222 valence electrons. The topological polar surface area (TPSA) is 18.5 Å². The first-order valence-electron chi connectivity index (χ1n) is 16.8. The van der Waals surface area contributed by atoms with Crippen molar-refractivity contribution >= 4 is 11.6 Å². The lowest BCUT2D eigenvalue weighted by Gasteiger charge is -2.19. The van der Waals surface area contributed by atoms with Gasteiger partial charge in [0.05, 0.1) is 0 Å². The molecule has 0 spiro atoms. The van der Waals surface area contributed by atoms with E-state index in [0.717, 1.165) is 31.9 Å². The highest BCUT2D eigenvalue weighted by atomic mass is 35.5. The van der Waals surface area contributed by atoms with Gasteiger partial charge in [0.15, 0.2) is 6.29 Å². The minimum absolute atomic E-state index is 0.0221. The third-order valence-electron chi connectivity index (χ3n) is 7.36. The van der Waals surface area contributed by atoms with Crippen LogP contribution in [0.15, 0.2) is 12.2 Å². The van der Waals surface area contributed by atoms with E-state index in [-0.39, 0.29) is 6.29 Å². The van der Waals surface area contributed by atoms with Crippen LogP contribution in [0.4, 0.5) is 0 Å². The lowest BCUT2D eigenvalue weighted by molar-refractivity contribution is -0.148. The molecule has 0 aromatic carbocycles. The summed E-state index contributed by atoms with van der Waals surface area (Å²) in [5, 5.41) is 0. The van der Waals surface area contributed by atoms with Gasteiger partial charge in [-0.15, -0.1) is 11.6 Å². The highest BCUT2D eigenvalue weighted by Crippen LogP contribution is 2.15. The van der Waals surface area contributed by atoms with Crippen LogP contribution in [0.1, 0.15) is 181 Å². The largest absolute Gasteiger partial charge is 0.353 e. The first kappa shape index (κ1) is 37.0. The molecule has 0 aliphatic rings. The molecular formula is C34H67ClO2. The van der Waals surface area contributed by atoms with Crippen molar-refractivity contribution in [1.29, 1.82) is 0 Å². The van der Waals surface area contributed by atoms with Crippen LogP contribution < -0.4 is 0 Å². The minimum atomic E-state index is 0.0221. The fraction of sp³-hybridized carbons (Fsp3) is 0.941. The number of ether oxygens (including phenoxy) is 2.